The highest BCUT2D eigenvalue weighted by molar-refractivity contribution is 6.07. The summed E-state index contributed by atoms with van der Waals surface area (Å²) in [6.45, 7) is 6.58. The Kier molecular flexibility index (Phi) is 5.96. The fraction of sp³-hybridized carbons (Fsp3) is 0.393. The molecule has 1 saturated heterocycles. The first-order chi connectivity index (χ1) is 18.2. The average Bonchev–Trinajstić information content (AvgIpc) is 3.40. The van der Waals surface area contributed by atoms with Crippen LogP contribution in [0, 0.1) is 18.7 Å². The number of hydrogen-bond acceptors (Lipinski definition) is 7. The van der Waals surface area contributed by atoms with Crippen LogP contribution in [-0.2, 0) is 17.4 Å². The van der Waals surface area contributed by atoms with Crippen LogP contribution in [0.15, 0.2) is 42.9 Å². The molecule has 1 aliphatic heterocycles. The van der Waals surface area contributed by atoms with Crippen molar-refractivity contribution in [1.82, 2.24) is 34.5 Å². The maximum atomic E-state index is 15.7. The number of fused-ring (bicyclic) bond motifs is 3. The summed E-state index contributed by atoms with van der Waals surface area (Å²) < 4.78 is 25.2. The molecule has 10 heteroatoms. The van der Waals surface area contributed by atoms with Crippen LogP contribution < -0.4 is 0 Å². The van der Waals surface area contributed by atoms with Crippen molar-refractivity contribution in [3.8, 4) is 11.3 Å². The van der Waals surface area contributed by atoms with E-state index in [4.69, 9.17) is 9.72 Å². The van der Waals surface area contributed by atoms with Crippen LogP contribution in [-0.4, -0.2) is 52.8 Å². The molecule has 0 spiro atoms. The van der Waals surface area contributed by atoms with E-state index in [1.54, 1.807) is 56.3 Å². The van der Waals surface area contributed by atoms with E-state index < -0.39 is 5.60 Å². The highest BCUT2D eigenvalue weighted by Gasteiger charge is 2.33. The Morgan fingerprint density at radius 2 is 1.82 bits per heavy atom. The maximum absolute atomic E-state index is 15.7. The molecule has 0 amide bonds. The molecule has 1 fully saturated rings. The van der Waals surface area contributed by atoms with Crippen molar-refractivity contribution in [2.75, 3.05) is 13.2 Å². The SMILES string of the molecule is Cc1nnn(C)c1-c1cc2c(cc1F)c1ncc(C(C)(C)O)cc1n2C(c1ncccn1)C1CCOCC1. The van der Waals surface area contributed by atoms with Crippen molar-refractivity contribution < 1.29 is 14.2 Å². The molecule has 1 aliphatic rings. The standard InChI is InChI=1S/C28H30FN7O2/c1-16-25(35(4)34-33-16)19-14-22-20(13-21(19)29)24-23(12-18(15-32-24)28(2,3)37)36(22)26(17-6-10-38-11-7-17)27-30-8-5-9-31-27/h5,8-9,12-15,17,26,37H,6-7,10-11H2,1-4H3. The van der Waals surface area contributed by atoms with Gasteiger partial charge in [0.1, 0.15) is 5.82 Å². The summed E-state index contributed by atoms with van der Waals surface area (Å²) in [5, 5.41) is 19.7. The van der Waals surface area contributed by atoms with Crippen molar-refractivity contribution >= 4 is 21.9 Å². The lowest BCUT2D eigenvalue weighted by Crippen LogP contribution is -2.28. The molecule has 5 heterocycles. The fourth-order valence-electron chi connectivity index (χ4n) is 5.60. The number of nitrogens with zero attached hydrogens (tertiary/aromatic N) is 7. The lowest BCUT2D eigenvalue weighted by Gasteiger charge is -2.31. The minimum atomic E-state index is -1.10. The van der Waals surface area contributed by atoms with Gasteiger partial charge in [0.25, 0.3) is 0 Å². The molecule has 6 rings (SSSR count). The number of aromatic nitrogens is 7. The predicted octanol–water partition coefficient (Wildman–Crippen LogP) is 4.47. The van der Waals surface area contributed by atoms with Gasteiger partial charge in [0.05, 0.1) is 39.6 Å². The van der Waals surface area contributed by atoms with Crippen LogP contribution in [0.2, 0.25) is 0 Å². The molecular formula is C28H30FN7O2. The Balaban J connectivity index is 1.72. The molecule has 0 aliphatic carbocycles. The number of aryl methyl sites for hydroxylation is 2. The molecule has 38 heavy (non-hydrogen) atoms. The molecule has 0 radical (unpaired) electrons. The van der Waals surface area contributed by atoms with Crippen molar-refractivity contribution in [1.29, 1.82) is 0 Å². The second-order valence-corrected chi connectivity index (χ2v) is 10.5. The molecule has 0 saturated carbocycles. The first-order valence-electron chi connectivity index (χ1n) is 12.8. The summed E-state index contributed by atoms with van der Waals surface area (Å²) in [5.41, 5.74) is 3.49. The van der Waals surface area contributed by atoms with E-state index in [2.05, 4.69) is 24.8 Å². The number of halogens is 1. The zero-order chi connectivity index (χ0) is 26.6. The predicted molar refractivity (Wildman–Crippen MR) is 141 cm³/mol. The molecule has 5 aromatic rings. The summed E-state index contributed by atoms with van der Waals surface area (Å²) >= 11 is 0. The van der Waals surface area contributed by atoms with Gasteiger partial charge in [0.15, 0.2) is 5.82 Å². The van der Waals surface area contributed by atoms with E-state index >= 15 is 4.39 Å². The number of pyridine rings is 1. The van der Waals surface area contributed by atoms with Gasteiger partial charge >= 0.3 is 0 Å². The van der Waals surface area contributed by atoms with Crippen LogP contribution in [0.1, 0.15) is 49.8 Å². The summed E-state index contributed by atoms with van der Waals surface area (Å²) in [6.07, 6.45) is 6.83. The maximum Gasteiger partial charge on any atom is 0.151 e. The summed E-state index contributed by atoms with van der Waals surface area (Å²) in [6, 6.07) is 6.90. The van der Waals surface area contributed by atoms with E-state index in [0.717, 1.165) is 23.9 Å². The normalized spacial score (nSPS) is 15.9. The topological polar surface area (TPSA) is 104 Å². The second kappa shape index (κ2) is 9.21. The van der Waals surface area contributed by atoms with Crippen LogP contribution >= 0.6 is 0 Å². The van der Waals surface area contributed by atoms with Crippen molar-refractivity contribution in [2.24, 2.45) is 13.0 Å². The lowest BCUT2D eigenvalue weighted by atomic mass is 9.90. The van der Waals surface area contributed by atoms with Gasteiger partial charge in [-0.05, 0) is 63.8 Å². The van der Waals surface area contributed by atoms with E-state index in [9.17, 15) is 5.11 Å². The monoisotopic (exact) mass is 515 g/mol. The highest BCUT2D eigenvalue weighted by Crippen LogP contribution is 2.41. The number of hydrogen-bond donors (Lipinski definition) is 1. The van der Waals surface area contributed by atoms with Gasteiger partial charge < -0.3 is 14.4 Å². The van der Waals surface area contributed by atoms with Gasteiger partial charge in [-0.15, -0.1) is 5.10 Å². The van der Waals surface area contributed by atoms with Crippen molar-refractivity contribution in [3.05, 3.63) is 65.8 Å². The van der Waals surface area contributed by atoms with E-state index in [1.807, 2.05) is 19.1 Å². The van der Waals surface area contributed by atoms with Gasteiger partial charge in [0.2, 0.25) is 0 Å². The zero-order valence-corrected chi connectivity index (χ0v) is 21.9. The van der Waals surface area contributed by atoms with Gasteiger partial charge in [-0.25, -0.2) is 19.0 Å². The number of benzene rings is 1. The van der Waals surface area contributed by atoms with Crippen LogP contribution in [0.4, 0.5) is 4.39 Å². The number of ether oxygens (including phenoxy) is 1. The minimum Gasteiger partial charge on any atom is -0.386 e. The smallest absolute Gasteiger partial charge is 0.151 e. The third-order valence-electron chi connectivity index (χ3n) is 7.52. The van der Waals surface area contributed by atoms with Gasteiger partial charge in [-0.1, -0.05) is 5.21 Å². The van der Waals surface area contributed by atoms with Gasteiger partial charge in [-0.3, -0.25) is 4.98 Å². The van der Waals surface area contributed by atoms with E-state index in [0.29, 0.717) is 52.5 Å². The van der Waals surface area contributed by atoms with Gasteiger partial charge in [-0.2, -0.15) is 0 Å². The second-order valence-electron chi connectivity index (χ2n) is 10.5. The number of aliphatic hydroxyl groups is 1. The summed E-state index contributed by atoms with van der Waals surface area (Å²) in [7, 11) is 1.76. The Morgan fingerprint density at radius 3 is 2.47 bits per heavy atom. The quantitative estimate of drug-likeness (QED) is 0.368. The molecule has 9 nitrogen and oxygen atoms in total. The third kappa shape index (κ3) is 4.04. The van der Waals surface area contributed by atoms with Crippen LogP contribution in [0.3, 0.4) is 0 Å². The molecule has 196 valence electrons. The molecule has 1 unspecified atom stereocenters. The molecule has 0 bridgehead atoms. The van der Waals surface area contributed by atoms with Crippen LogP contribution in [0.5, 0.6) is 0 Å². The Hall–Kier alpha value is -3.76. The van der Waals surface area contributed by atoms with Crippen LogP contribution in [0.25, 0.3) is 33.2 Å². The Bertz CT molecular complexity index is 1610. The largest absolute Gasteiger partial charge is 0.386 e. The summed E-state index contributed by atoms with van der Waals surface area (Å²) in [4.78, 5) is 14.1. The van der Waals surface area contributed by atoms with E-state index in [-0.39, 0.29) is 17.8 Å². The molecule has 1 N–H and O–H groups in total. The Morgan fingerprint density at radius 1 is 1.08 bits per heavy atom. The van der Waals surface area contributed by atoms with Crippen molar-refractivity contribution in [3.63, 3.8) is 0 Å². The van der Waals surface area contributed by atoms with E-state index in [1.165, 1.54) is 0 Å². The third-order valence-corrected chi connectivity index (χ3v) is 7.52. The first-order valence-corrected chi connectivity index (χ1v) is 12.8. The fourth-order valence-corrected chi connectivity index (χ4v) is 5.60. The molecular weight excluding hydrogens is 485 g/mol. The van der Waals surface area contributed by atoms with Crippen molar-refractivity contribution in [2.45, 2.75) is 45.3 Å². The highest BCUT2D eigenvalue weighted by atomic mass is 19.1. The average molecular weight is 516 g/mol. The minimum absolute atomic E-state index is 0.185. The molecule has 1 atom stereocenters. The first kappa shape index (κ1) is 24.6. The number of rotatable bonds is 5. The summed E-state index contributed by atoms with van der Waals surface area (Å²) in [5.74, 6) is 0.484. The Labute approximate surface area is 219 Å². The molecule has 4 aromatic heterocycles. The zero-order valence-electron chi connectivity index (χ0n) is 21.9. The molecule has 1 aromatic carbocycles. The van der Waals surface area contributed by atoms with Gasteiger partial charge in [0, 0.05) is 55.4 Å². The lowest BCUT2D eigenvalue weighted by molar-refractivity contribution is 0.0542.